The lowest BCUT2D eigenvalue weighted by molar-refractivity contribution is -0.125. The van der Waals surface area contributed by atoms with Crippen LogP contribution in [-0.4, -0.2) is 37.8 Å². The van der Waals surface area contributed by atoms with Crippen LogP contribution in [0.1, 0.15) is 39.8 Å². The molecule has 2 heterocycles. The lowest BCUT2D eigenvalue weighted by Crippen LogP contribution is -2.53. The van der Waals surface area contributed by atoms with Gasteiger partial charge in [-0.1, -0.05) is 12.1 Å². The Kier molecular flexibility index (Phi) is 7.36. The molecule has 1 atom stereocenters. The van der Waals surface area contributed by atoms with Gasteiger partial charge in [0.2, 0.25) is 11.8 Å². The van der Waals surface area contributed by atoms with Crippen molar-refractivity contribution < 1.29 is 18.0 Å². The van der Waals surface area contributed by atoms with Crippen molar-refractivity contribution in [2.24, 2.45) is 0 Å². The fourth-order valence-electron chi connectivity index (χ4n) is 4.83. The van der Waals surface area contributed by atoms with Gasteiger partial charge in [0.25, 0.3) is 10.0 Å². The minimum Gasteiger partial charge on any atom is -0.356 e. The summed E-state index contributed by atoms with van der Waals surface area (Å²) in [6, 6.07) is 9.25. The van der Waals surface area contributed by atoms with Crippen LogP contribution in [0.3, 0.4) is 0 Å². The first-order chi connectivity index (χ1) is 17.5. The second-order valence-corrected chi connectivity index (χ2v) is 11.2. The van der Waals surface area contributed by atoms with E-state index in [1.54, 1.807) is 50.5 Å². The standard InChI is InChI=1S/C28H32N4O4S/c1-17-18(2)20(4)27(21(5)19(17)3)37(35,36)32-24-9-7-6-8-23(24)31-28(34)25(32)16-26(33)30-15-12-22-10-13-29-14-11-22/h6-11,13-14,25H,12,15-16H2,1-5H3,(H,30,33)(H,31,34). The first-order valence-electron chi connectivity index (χ1n) is 12.2. The summed E-state index contributed by atoms with van der Waals surface area (Å²) in [6.07, 6.45) is 3.65. The number of aromatic nitrogens is 1. The molecule has 194 valence electrons. The predicted molar refractivity (Wildman–Crippen MR) is 144 cm³/mol. The van der Waals surface area contributed by atoms with Gasteiger partial charge in [0, 0.05) is 18.9 Å². The normalized spacial score (nSPS) is 15.2. The van der Waals surface area contributed by atoms with Crippen molar-refractivity contribution in [2.45, 2.75) is 58.4 Å². The number of amides is 2. The third-order valence-corrected chi connectivity index (χ3v) is 9.39. The van der Waals surface area contributed by atoms with E-state index in [9.17, 15) is 18.0 Å². The number of carbonyl (C=O) groups excluding carboxylic acids is 2. The number of rotatable bonds is 7. The van der Waals surface area contributed by atoms with Crippen LogP contribution in [0, 0.1) is 34.6 Å². The number of carbonyl (C=O) groups is 2. The molecule has 1 unspecified atom stereocenters. The lowest BCUT2D eigenvalue weighted by atomic mass is 9.95. The average Bonchev–Trinajstić information content (AvgIpc) is 2.87. The summed E-state index contributed by atoms with van der Waals surface area (Å²) in [5.74, 6) is -0.944. The van der Waals surface area contributed by atoms with E-state index in [0.717, 1.165) is 26.6 Å². The van der Waals surface area contributed by atoms with Crippen molar-refractivity contribution in [3.63, 3.8) is 0 Å². The highest BCUT2D eigenvalue weighted by atomic mass is 32.2. The second-order valence-electron chi connectivity index (χ2n) is 9.44. The number of pyridine rings is 1. The van der Waals surface area contributed by atoms with Crippen molar-refractivity contribution in [2.75, 3.05) is 16.2 Å². The van der Waals surface area contributed by atoms with E-state index < -0.39 is 27.9 Å². The van der Waals surface area contributed by atoms with Crippen molar-refractivity contribution in [1.29, 1.82) is 0 Å². The van der Waals surface area contributed by atoms with Crippen LogP contribution in [0.2, 0.25) is 0 Å². The highest BCUT2D eigenvalue weighted by Gasteiger charge is 2.43. The number of anilines is 2. The van der Waals surface area contributed by atoms with E-state index in [2.05, 4.69) is 15.6 Å². The molecule has 0 aliphatic carbocycles. The number of hydrogen-bond acceptors (Lipinski definition) is 5. The van der Waals surface area contributed by atoms with Gasteiger partial charge in [0.1, 0.15) is 6.04 Å². The Morgan fingerprint density at radius 3 is 2.19 bits per heavy atom. The molecule has 2 N–H and O–H groups in total. The van der Waals surface area contributed by atoms with Gasteiger partial charge in [0.05, 0.1) is 22.7 Å². The molecule has 0 saturated carbocycles. The SMILES string of the molecule is Cc1c(C)c(C)c(S(=O)(=O)N2c3ccccc3NC(=O)C2CC(=O)NCCc2ccncc2)c(C)c1C. The van der Waals surface area contributed by atoms with Crippen LogP contribution in [0.15, 0.2) is 53.7 Å². The van der Waals surface area contributed by atoms with Crippen molar-refractivity contribution in [3.05, 3.63) is 82.2 Å². The molecule has 4 rings (SSSR count). The number of para-hydroxylation sites is 2. The zero-order chi connectivity index (χ0) is 26.9. The van der Waals surface area contributed by atoms with E-state index >= 15 is 0 Å². The summed E-state index contributed by atoms with van der Waals surface area (Å²) in [4.78, 5) is 30.3. The zero-order valence-electron chi connectivity index (χ0n) is 21.8. The lowest BCUT2D eigenvalue weighted by Gasteiger charge is -2.37. The van der Waals surface area contributed by atoms with E-state index in [-0.39, 0.29) is 11.3 Å². The molecule has 2 aromatic carbocycles. The van der Waals surface area contributed by atoms with Crippen LogP contribution in [0.25, 0.3) is 0 Å². The van der Waals surface area contributed by atoms with Crippen LogP contribution < -0.4 is 14.9 Å². The Morgan fingerprint density at radius 2 is 1.54 bits per heavy atom. The predicted octanol–water partition coefficient (Wildman–Crippen LogP) is 3.89. The highest BCUT2D eigenvalue weighted by Crippen LogP contribution is 2.40. The molecule has 2 amide bonds. The van der Waals surface area contributed by atoms with Gasteiger partial charge < -0.3 is 10.6 Å². The largest absolute Gasteiger partial charge is 0.356 e. The maximum Gasteiger partial charge on any atom is 0.265 e. The van der Waals surface area contributed by atoms with E-state index in [4.69, 9.17) is 0 Å². The van der Waals surface area contributed by atoms with E-state index in [1.807, 2.05) is 32.9 Å². The molecule has 3 aromatic rings. The molecule has 1 aromatic heterocycles. The molecule has 0 bridgehead atoms. The first-order valence-corrected chi connectivity index (χ1v) is 13.6. The fourth-order valence-corrected chi connectivity index (χ4v) is 7.03. The number of fused-ring (bicyclic) bond motifs is 1. The Balaban J connectivity index is 1.71. The molecular formula is C28H32N4O4S. The Labute approximate surface area is 218 Å². The maximum atomic E-state index is 14.4. The molecule has 8 nitrogen and oxygen atoms in total. The van der Waals surface area contributed by atoms with Crippen LogP contribution in [0.4, 0.5) is 11.4 Å². The number of benzene rings is 2. The van der Waals surface area contributed by atoms with Gasteiger partial charge in [-0.15, -0.1) is 0 Å². The summed E-state index contributed by atoms with van der Waals surface area (Å²) in [7, 11) is -4.20. The summed E-state index contributed by atoms with van der Waals surface area (Å²) >= 11 is 0. The highest BCUT2D eigenvalue weighted by molar-refractivity contribution is 7.93. The molecule has 0 spiro atoms. The summed E-state index contributed by atoms with van der Waals surface area (Å²) < 4.78 is 29.8. The average molecular weight is 521 g/mol. The molecule has 1 aliphatic heterocycles. The zero-order valence-corrected chi connectivity index (χ0v) is 22.6. The second kappa shape index (κ2) is 10.3. The van der Waals surface area contributed by atoms with Crippen LogP contribution >= 0.6 is 0 Å². The van der Waals surface area contributed by atoms with Crippen molar-refractivity contribution >= 4 is 33.2 Å². The van der Waals surface area contributed by atoms with Gasteiger partial charge in [-0.3, -0.25) is 18.9 Å². The topological polar surface area (TPSA) is 108 Å². The molecule has 9 heteroatoms. The molecule has 0 radical (unpaired) electrons. The van der Waals surface area contributed by atoms with Gasteiger partial charge in [-0.25, -0.2) is 8.42 Å². The number of nitrogens with one attached hydrogen (secondary N) is 2. The summed E-state index contributed by atoms with van der Waals surface area (Å²) in [6.45, 7) is 9.72. The number of sulfonamides is 1. The maximum absolute atomic E-state index is 14.4. The van der Waals surface area contributed by atoms with Gasteiger partial charge in [-0.05, 0) is 98.7 Å². The van der Waals surface area contributed by atoms with Crippen molar-refractivity contribution in [1.82, 2.24) is 10.3 Å². The monoisotopic (exact) mass is 520 g/mol. The minimum atomic E-state index is -4.20. The summed E-state index contributed by atoms with van der Waals surface area (Å²) in [5.41, 5.74) is 5.85. The van der Waals surface area contributed by atoms with Crippen LogP contribution in [-0.2, 0) is 26.0 Å². The first kappa shape index (κ1) is 26.3. The number of hydrogen-bond donors (Lipinski definition) is 2. The van der Waals surface area contributed by atoms with Gasteiger partial charge in [0.15, 0.2) is 0 Å². The van der Waals surface area contributed by atoms with E-state index in [0.29, 0.717) is 35.5 Å². The van der Waals surface area contributed by atoms with Gasteiger partial charge in [-0.2, -0.15) is 0 Å². The third-order valence-electron chi connectivity index (χ3n) is 7.30. The van der Waals surface area contributed by atoms with E-state index in [1.165, 1.54) is 0 Å². The molecule has 0 fully saturated rings. The third kappa shape index (κ3) is 4.96. The molecule has 1 aliphatic rings. The fraction of sp³-hybridized carbons (Fsp3) is 0.321. The Morgan fingerprint density at radius 1 is 0.946 bits per heavy atom. The van der Waals surface area contributed by atoms with Crippen LogP contribution in [0.5, 0.6) is 0 Å². The quantitative estimate of drug-likeness (QED) is 0.491. The van der Waals surface area contributed by atoms with Gasteiger partial charge >= 0.3 is 0 Å². The Bertz CT molecular complexity index is 1440. The Hall–Kier alpha value is -3.72. The molecular weight excluding hydrogens is 488 g/mol. The minimum absolute atomic E-state index is 0.181. The smallest absolute Gasteiger partial charge is 0.265 e. The van der Waals surface area contributed by atoms with Crippen molar-refractivity contribution in [3.8, 4) is 0 Å². The number of nitrogens with zero attached hydrogens (tertiary/aromatic N) is 2. The molecule has 0 saturated heterocycles. The molecule has 37 heavy (non-hydrogen) atoms. The summed E-state index contributed by atoms with van der Waals surface area (Å²) in [5, 5.41) is 5.60.